The molecule has 1 aromatic carbocycles. The van der Waals surface area contributed by atoms with E-state index in [-0.39, 0.29) is 4.90 Å². The number of sulfonamides is 1. The van der Waals surface area contributed by atoms with Crippen LogP contribution in [0.25, 0.3) is 0 Å². The number of anilines is 2. The highest BCUT2D eigenvalue weighted by Gasteiger charge is 2.14. The fraction of sp³-hybridized carbons (Fsp3) is 0.455. The summed E-state index contributed by atoms with van der Waals surface area (Å²) in [6.07, 6.45) is 0.954. The highest BCUT2D eigenvalue weighted by Crippen LogP contribution is 2.24. The summed E-state index contributed by atoms with van der Waals surface area (Å²) >= 11 is 0. The third-order valence-electron chi connectivity index (χ3n) is 2.90. The molecule has 0 saturated heterocycles. The maximum absolute atomic E-state index is 11.3. The molecule has 0 saturated carbocycles. The van der Waals surface area contributed by atoms with Crippen LogP contribution >= 0.6 is 0 Å². The normalized spacial score (nSPS) is 13.4. The Morgan fingerprint density at radius 1 is 1.35 bits per heavy atom. The fourth-order valence-corrected chi connectivity index (χ4v) is 2.09. The molecule has 0 aliphatic heterocycles. The van der Waals surface area contributed by atoms with E-state index in [1.54, 1.807) is 6.07 Å². The molecule has 1 rings (SSSR count). The number of rotatable bonds is 4. The lowest BCUT2D eigenvalue weighted by Gasteiger charge is -2.26. The van der Waals surface area contributed by atoms with Crippen LogP contribution in [0.1, 0.15) is 20.3 Å². The van der Waals surface area contributed by atoms with Crippen LogP contribution in [0.4, 0.5) is 11.4 Å². The third-order valence-corrected chi connectivity index (χ3v) is 3.79. The second-order valence-electron chi connectivity index (χ2n) is 4.17. The minimum Gasteiger partial charge on any atom is -0.399 e. The second-order valence-corrected chi connectivity index (χ2v) is 5.73. The van der Waals surface area contributed by atoms with Crippen LogP contribution < -0.4 is 15.8 Å². The summed E-state index contributed by atoms with van der Waals surface area (Å²) in [6.45, 7) is 4.12. The standard InChI is InChI=1S/C11H19N3O2S/c1-4-8(2)14(3)10-5-9(12)6-11(7-10)17(13,15)16/h5-8H,4,12H2,1-3H3,(H2,13,15,16). The van der Waals surface area contributed by atoms with E-state index in [2.05, 4.69) is 13.8 Å². The van der Waals surface area contributed by atoms with Crippen LogP contribution in [0.3, 0.4) is 0 Å². The molecule has 0 radical (unpaired) electrons. The highest BCUT2D eigenvalue weighted by molar-refractivity contribution is 7.89. The van der Waals surface area contributed by atoms with Gasteiger partial charge in [0.2, 0.25) is 10.0 Å². The minimum atomic E-state index is -3.72. The van der Waals surface area contributed by atoms with Gasteiger partial charge in [-0.05, 0) is 31.5 Å². The van der Waals surface area contributed by atoms with E-state index in [1.807, 2.05) is 11.9 Å². The number of benzene rings is 1. The Balaban J connectivity index is 3.23. The molecule has 0 spiro atoms. The van der Waals surface area contributed by atoms with Crippen molar-refractivity contribution in [1.82, 2.24) is 0 Å². The molecule has 4 N–H and O–H groups in total. The summed E-state index contributed by atoms with van der Waals surface area (Å²) in [7, 11) is -1.82. The Hall–Kier alpha value is -1.27. The second kappa shape index (κ2) is 4.93. The SMILES string of the molecule is CCC(C)N(C)c1cc(N)cc(S(N)(=O)=O)c1. The van der Waals surface area contributed by atoms with E-state index in [4.69, 9.17) is 10.9 Å². The Morgan fingerprint density at radius 3 is 2.41 bits per heavy atom. The van der Waals surface area contributed by atoms with Gasteiger partial charge in [-0.2, -0.15) is 0 Å². The number of nitrogens with two attached hydrogens (primary N) is 2. The van der Waals surface area contributed by atoms with Crippen molar-refractivity contribution < 1.29 is 8.42 Å². The van der Waals surface area contributed by atoms with Crippen LogP contribution in [0.2, 0.25) is 0 Å². The molecule has 0 aliphatic carbocycles. The molecule has 1 aromatic rings. The van der Waals surface area contributed by atoms with Crippen molar-refractivity contribution in [2.75, 3.05) is 17.7 Å². The van der Waals surface area contributed by atoms with Crippen molar-refractivity contribution >= 4 is 21.4 Å². The quantitative estimate of drug-likeness (QED) is 0.792. The molecular formula is C11H19N3O2S. The fourth-order valence-electron chi connectivity index (χ4n) is 1.50. The minimum absolute atomic E-state index is 0.0441. The van der Waals surface area contributed by atoms with E-state index in [9.17, 15) is 8.42 Å². The van der Waals surface area contributed by atoms with Gasteiger partial charge >= 0.3 is 0 Å². The van der Waals surface area contributed by atoms with Gasteiger partial charge in [0.05, 0.1) is 4.90 Å². The summed E-state index contributed by atoms with van der Waals surface area (Å²) in [4.78, 5) is 2.02. The molecule has 0 fully saturated rings. The van der Waals surface area contributed by atoms with Crippen LogP contribution in [-0.4, -0.2) is 21.5 Å². The predicted molar refractivity (Wildman–Crippen MR) is 70.4 cm³/mol. The zero-order valence-corrected chi connectivity index (χ0v) is 11.2. The maximum atomic E-state index is 11.3. The Labute approximate surface area is 102 Å². The zero-order chi connectivity index (χ0) is 13.2. The summed E-state index contributed by atoms with van der Waals surface area (Å²) in [6, 6.07) is 4.94. The number of nitrogens with zero attached hydrogens (tertiary/aromatic N) is 1. The first-order valence-electron chi connectivity index (χ1n) is 5.42. The third kappa shape index (κ3) is 3.34. The van der Waals surface area contributed by atoms with Crippen molar-refractivity contribution in [2.24, 2.45) is 5.14 Å². The molecule has 0 bridgehead atoms. The zero-order valence-electron chi connectivity index (χ0n) is 10.3. The molecule has 6 heteroatoms. The van der Waals surface area contributed by atoms with Gasteiger partial charge in [0.1, 0.15) is 0 Å². The molecule has 0 heterocycles. The first-order valence-corrected chi connectivity index (χ1v) is 6.96. The van der Waals surface area contributed by atoms with Crippen LogP contribution in [0.5, 0.6) is 0 Å². The van der Waals surface area contributed by atoms with E-state index >= 15 is 0 Å². The molecule has 0 aliphatic rings. The smallest absolute Gasteiger partial charge is 0.238 e. The Kier molecular flexibility index (Phi) is 4.00. The average Bonchev–Trinajstić information content (AvgIpc) is 2.25. The molecule has 0 aromatic heterocycles. The highest BCUT2D eigenvalue weighted by atomic mass is 32.2. The Bertz CT molecular complexity index is 499. The molecule has 1 atom stereocenters. The Morgan fingerprint density at radius 2 is 1.94 bits per heavy atom. The molecule has 96 valence electrons. The summed E-state index contributed by atoms with van der Waals surface area (Å²) in [5.74, 6) is 0. The van der Waals surface area contributed by atoms with Gasteiger partial charge in [-0.15, -0.1) is 0 Å². The van der Waals surface area contributed by atoms with E-state index in [0.717, 1.165) is 12.1 Å². The summed E-state index contributed by atoms with van der Waals surface area (Å²) in [5.41, 5.74) is 6.83. The summed E-state index contributed by atoms with van der Waals surface area (Å²) in [5, 5.41) is 5.10. The lowest BCUT2D eigenvalue weighted by molar-refractivity contribution is 0.597. The van der Waals surface area contributed by atoms with Gasteiger partial charge in [-0.1, -0.05) is 6.92 Å². The molecule has 0 amide bonds. The van der Waals surface area contributed by atoms with Crippen molar-refractivity contribution in [2.45, 2.75) is 31.2 Å². The molecular weight excluding hydrogens is 238 g/mol. The lowest BCUT2D eigenvalue weighted by atomic mass is 10.2. The van der Waals surface area contributed by atoms with Gasteiger partial charge in [0, 0.05) is 24.5 Å². The van der Waals surface area contributed by atoms with Crippen molar-refractivity contribution in [3.05, 3.63) is 18.2 Å². The number of hydrogen-bond donors (Lipinski definition) is 2. The predicted octanol–water partition coefficient (Wildman–Crippen LogP) is 1.15. The molecule has 17 heavy (non-hydrogen) atoms. The lowest BCUT2D eigenvalue weighted by Crippen LogP contribution is -2.28. The summed E-state index contributed by atoms with van der Waals surface area (Å²) < 4.78 is 22.6. The van der Waals surface area contributed by atoms with Gasteiger partial charge in [-0.3, -0.25) is 0 Å². The van der Waals surface area contributed by atoms with E-state index in [1.165, 1.54) is 12.1 Å². The first-order chi connectivity index (χ1) is 7.75. The first kappa shape index (κ1) is 13.8. The molecule has 1 unspecified atom stereocenters. The van der Waals surface area contributed by atoms with Crippen molar-refractivity contribution in [1.29, 1.82) is 0 Å². The van der Waals surface area contributed by atoms with Crippen LogP contribution in [0, 0.1) is 0 Å². The topological polar surface area (TPSA) is 89.4 Å². The maximum Gasteiger partial charge on any atom is 0.238 e. The van der Waals surface area contributed by atoms with Gasteiger partial charge in [-0.25, -0.2) is 13.6 Å². The van der Waals surface area contributed by atoms with Crippen molar-refractivity contribution in [3.8, 4) is 0 Å². The number of hydrogen-bond acceptors (Lipinski definition) is 4. The molecule has 5 nitrogen and oxygen atoms in total. The van der Waals surface area contributed by atoms with Gasteiger partial charge in [0.15, 0.2) is 0 Å². The van der Waals surface area contributed by atoms with Crippen molar-refractivity contribution in [3.63, 3.8) is 0 Å². The number of nitrogen functional groups attached to an aromatic ring is 1. The number of primary sulfonamides is 1. The largest absolute Gasteiger partial charge is 0.399 e. The van der Waals surface area contributed by atoms with Gasteiger partial charge in [0.25, 0.3) is 0 Å². The van der Waals surface area contributed by atoms with Crippen LogP contribution in [0.15, 0.2) is 23.1 Å². The monoisotopic (exact) mass is 257 g/mol. The van der Waals surface area contributed by atoms with E-state index < -0.39 is 10.0 Å². The average molecular weight is 257 g/mol. The van der Waals surface area contributed by atoms with E-state index in [0.29, 0.717) is 11.7 Å². The van der Waals surface area contributed by atoms with Crippen LogP contribution in [-0.2, 0) is 10.0 Å². The van der Waals surface area contributed by atoms with Gasteiger partial charge < -0.3 is 10.6 Å².